The molecule has 2 saturated heterocycles. The van der Waals surface area contributed by atoms with Gasteiger partial charge in [-0.3, -0.25) is 4.79 Å². The summed E-state index contributed by atoms with van der Waals surface area (Å²) in [7, 11) is 1.43. The fraction of sp³-hybridized carbons (Fsp3) is 0.533. The molecule has 0 unspecified atom stereocenters. The van der Waals surface area contributed by atoms with Crippen LogP contribution in [0.4, 0.5) is 11.4 Å². The van der Waals surface area contributed by atoms with Crippen LogP contribution in [0.25, 0.3) is 11.1 Å². The van der Waals surface area contributed by atoms with E-state index in [0.717, 1.165) is 86.7 Å². The summed E-state index contributed by atoms with van der Waals surface area (Å²) in [6.07, 6.45) is 3.74. The molecule has 0 aromatic heterocycles. The minimum Gasteiger partial charge on any atom is -0.465 e. The van der Waals surface area contributed by atoms with Gasteiger partial charge in [-0.25, -0.2) is 4.79 Å². The quantitative estimate of drug-likeness (QED) is 0.539. The van der Waals surface area contributed by atoms with Gasteiger partial charge in [0, 0.05) is 74.8 Å². The molecule has 2 aromatic carbocycles. The Labute approximate surface area is 219 Å². The van der Waals surface area contributed by atoms with Gasteiger partial charge >= 0.3 is 5.97 Å². The van der Waals surface area contributed by atoms with Crippen LogP contribution in [0.1, 0.15) is 61.0 Å². The summed E-state index contributed by atoms with van der Waals surface area (Å²) in [6, 6.07) is 10.8. The monoisotopic (exact) mass is 506 g/mol. The lowest BCUT2D eigenvalue weighted by atomic mass is 9.75. The number of carbonyl (C=O) groups excluding carboxylic acids is 2. The molecule has 5 rings (SSSR count). The third kappa shape index (κ3) is 4.53. The highest BCUT2D eigenvalue weighted by Crippen LogP contribution is 2.49. The number of rotatable bonds is 5. The Bertz CT molecular complexity index is 1180. The van der Waals surface area contributed by atoms with Gasteiger partial charge in [0.1, 0.15) is 0 Å². The number of fused-ring (bicyclic) bond motifs is 2. The SMILES string of the molecule is CCN(c1c(-c2ccc3c(c2)N(C(C)=O)CC32CCOCC2)ccc(C(=O)OC)c1C)C1CCOCC1. The summed E-state index contributed by atoms with van der Waals surface area (Å²) < 4.78 is 16.4. The predicted molar refractivity (Wildman–Crippen MR) is 145 cm³/mol. The highest BCUT2D eigenvalue weighted by molar-refractivity contribution is 5.98. The molecule has 7 heteroatoms. The Balaban J connectivity index is 1.66. The van der Waals surface area contributed by atoms with Gasteiger partial charge in [0.2, 0.25) is 5.91 Å². The van der Waals surface area contributed by atoms with Gasteiger partial charge in [0.05, 0.1) is 12.7 Å². The van der Waals surface area contributed by atoms with E-state index in [4.69, 9.17) is 14.2 Å². The Morgan fingerprint density at radius 1 is 1.08 bits per heavy atom. The molecule has 3 aliphatic rings. The average molecular weight is 507 g/mol. The van der Waals surface area contributed by atoms with Crippen molar-refractivity contribution in [1.29, 1.82) is 0 Å². The first-order valence-corrected chi connectivity index (χ1v) is 13.5. The van der Waals surface area contributed by atoms with Crippen molar-refractivity contribution in [2.45, 2.75) is 57.9 Å². The number of carbonyl (C=O) groups is 2. The first-order chi connectivity index (χ1) is 17.9. The summed E-state index contributed by atoms with van der Waals surface area (Å²) in [5, 5.41) is 0. The molecule has 0 aliphatic carbocycles. The van der Waals surface area contributed by atoms with Crippen molar-refractivity contribution in [2.24, 2.45) is 0 Å². The van der Waals surface area contributed by atoms with Gasteiger partial charge in [0.15, 0.2) is 0 Å². The van der Waals surface area contributed by atoms with Gasteiger partial charge in [-0.1, -0.05) is 18.2 Å². The molecule has 0 radical (unpaired) electrons. The van der Waals surface area contributed by atoms with Crippen LogP contribution >= 0.6 is 0 Å². The van der Waals surface area contributed by atoms with E-state index in [-0.39, 0.29) is 17.3 Å². The van der Waals surface area contributed by atoms with Crippen molar-refractivity contribution in [1.82, 2.24) is 0 Å². The van der Waals surface area contributed by atoms with Crippen molar-refractivity contribution in [2.75, 3.05) is 56.4 Å². The molecule has 198 valence electrons. The molecule has 0 atom stereocenters. The maximum Gasteiger partial charge on any atom is 0.338 e. The highest BCUT2D eigenvalue weighted by Gasteiger charge is 2.45. The van der Waals surface area contributed by atoms with E-state index in [2.05, 4.69) is 30.0 Å². The number of methoxy groups -OCH3 is 1. The van der Waals surface area contributed by atoms with E-state index in [9.17, 15) is 9.59 Å². The molecular weight excluding hydrogens is 468 g/mol. The van der Waals surface area contributed by atoms with E-state index >= 15 is 0 Å². The van der Waals surface area contributed by atoms with E-state index in [1.807, 2.05) is 24.0 Å². The number of anilines is 2. The molecule has 0 bridgehead atoms. The molecule has 0 saturated carbocycles. The number of hydrogen-bond donors (Lipinski definition) is 0. The zero-order valence-electron chi connectivity index (χ0n) is 22.5. The number of ether oxygens (including phenoxy) is 3. The van der Waals surface area contributed by atoms with Gasteiger partial charge in [-0.2, -0.15) is 0 Å². The van der Waals surface area contributed by atoms with Crippen molar-refractivity contribution in [3.63, 3.8) is 0 Å². The van der Waals surface area contributed by atoms with Gasteiger partial charge < -0.3 is 24.0 Å². The Morgan fingerprint density at radius 2 is 1.78 bits per heavy atom. The number of nitrogens with zero attached hydrogens (tertiary/aromatic N) is 2. The lowest BCUT2D eigenvalue weighted by Crippen LogP contribution is -2.40. The summed E-state index contributed by atoms with van der Waals surface area (Å²) in [6.45, 7) is 10.3. The van der Waals surface area contributed by atoms with E-state index < -0.39 is 0 Å². The van der Waals surface area contributed by atoms with Crippen LogP contribution < -0.4 is 9.80 Å². The highest BCUT2D eigenvalue weighted by atomic mass is 16.5. The molecule has 1 amide bonds. The second-order valence-electron chi connectivity index (χ2n) is 10.5. The van der Waals surface area contributed by atoms with Gasteiger partial charge in [-0.05, 0) is 68.4 Å². The number of hydrogen-bond acceptors (Lipinski definition) is 6. The van der Waals surface area contributed by atoms with Crippen molar-refractivity contribution < 1.29 is 23.8 Å². The summed E-state index contributed by atoms with van der Waals surface area (Å²) in [4.78, 5) is 29.8. The maximum atomic E-state index is 12.7. The second kappa shape index (κ2) is 10.5. The summed E-state index contributed by atoms with van der Waals surface area (Å²) in [5.41, 5.74) is 6.89. The summed E-state index contributed by atoms with van der Waals surface area (Å²) in [5.74, 6) is -0.261. The fourth-order valence-electron chi connectivity index (χ4n) is 6.54. The van der Waals surface area contributed by atoms with E-state index in [1.54, 1.807) is 6.92 Å². The van der Waals surface area contributed by atoms with E-state index in [0.29, 0.717) is 18.2 Å². The first kappa shape index (κ1) is 25.7. The standard InChI is InChI=1S/C30H38N2O5/c1-5-31(23-10-14-36-15-11-23)28-20(2)24(29(34)35-4)7-8-25(28)22-6-9-26-27(18-22)32(21(3)33)19-30(26)12-16-37-17-13-30/h6-9,18,23H,5,10-17,19H2,1-4H3. The fourth-order valence-corrected chi connectivity index (χ4v) is 6.54. The molecule has 3 aliphatic heterocycles. The largest absolute Gasteiger partial charge is 0.465 e. The lowest BCUT2D eigenvalue weighted by Gasteiger charge is -2.38. The molecule has 1 spiro atoms. The van der Waals surface area contributed by atoms with Gasteiger partial charge in [0.25, 0.3) is 0 Å². The summed E-state index contributed by atoms with van der Waals surface area (Å²) >= 11 is 0. The third-order valence-corrected chi connectivity index (χ3v) is 8.56. The predicted octanol–water partition coefficient (Wildman–Crippen LogP) is 4.87. The lowest BCUT2D eigenvalue weighted by molar-refractivity contribution is -0.116. The van der Waals surface area contributed by atoms with Crippen LogP contribution in [0.2, 0.25) is 0 Å². The van der Waals surface area contributed by atoms with Crippen LogP contribution in [0.5, 0.6) is 0 Å². The van der Waals surface area contributed by atoms with Crippen LogP contribution in [0.3, 0.4) is 0 Å². The van der Waals surface area contributed by atoms with Crippen LogP contribution in [-0.4, -0.2) is 64.5 Å². The molecule has 37 heavy (non-hydrogen) atoms. The van der Waals surface area contributed by atoms with E-state index in [1.165, 1.54) is 12.7 Å². The third-order valence-electron chi connectivity index (χ3n) is 8.56. The topological polar surface area (TPSA) is 68.3 Å². The Morgan fingerprint density at radius 3 is 2.43 bits per heavy atom. The Hall–Kier alpha value is -2.90. The maximum absolute atomic E-state index is 12.7. The minimum atomic E-state index is -0.327. The van der Waals surface area contributed by atoms with Crippen molar-refractivity contribution >= 4 is 23.3 Å². The van der Waals surface area contributed by atoms with Crippen molar-refractivity contribution in [3.8, 4) is 11.1 Å². The molecule has 2 fully saturated rings. The van der Waals surface area contributed by atoms with Crippen LogP contribution in [-0.2, 0) is 24.4 Å². The molecule has 2 aromatic rings. The van der Waals surface area contributed by atoms with Crippen LogP contribution in [0, 0.1) is 6.92 Å². The second-order valence-corrected chi connectivity index (χ2v) is 10.5. The normalized spacial score (nSPS) is 19.1. The van der Waals surface area contributed by atoms with Gasteiger partial charge in [-0.15, -0.1) is 0 Å². The molecule has 0 N–H and O–H groups in total. The zero-order chi connectivity index (χ0) is 26.2. The van der Waals surface area contributed by atoms with Crippen molar-refractivity contribution in [3.05, 3.63) is 47.0 Å². The molecule has 3 heterocycles. The molecule has 7 nitrogen and oxygen atoms in total. The number of amides is 1. The molecular formula is C30H38N2O5. The minimum absolute atomic E-state index is 0.0389. The average Bonchev–Trinajstić information content (AvgIpc) is 3.23. The number of benzene rings is 2. The smallest absolute Gasteiger partial charge is 0.338 e. The first-order valence-electron chi connectivity index (χ1n) is 13.5. The zero-order valence-corrected chi connectivity index (χ0v) is 22.5. The van der Waals surface area contributed by atoms with Crippen LogP contribution in [0.15, 0.2) is 30.3 Å². The number of esters is 1. The Kier molecular flexibility index (Phi) is 7.28.